The maximum absolute atomic E-state index is 12.3. The van der Waals surface area contributed by atoms with Gasteiger partial charge in [0.2, 0.25) is 0 Å². The van der Waals surface area contributed by atoms with Crippen LogP contribution in [-0.4, -0.2) is 54.6 Å². The molecule has 0 unspecified atom stereocenters. The number of aromatic nitrogens is 5. The molecule has 0 radical (unpaired) electrons. The Labute approximate surface area is 210 Å². The van der Waals surface area contributed by atoms with Gasteiger partial charge in [-0.15, -0.1) is 21.5 Å². The molecule has 0 amide bonds. The van der Waals surface area contributed by atoms with Crippen LogP contribution >= 0.6 is 11.3 Å². The van der Waals surface area contributed by atoms with E-state index in [0.717, 1.165) is 43.7 Å². The second-order valence-corrected chi connectivity index (χ2v) is 9.55. The third-order valence-electron chi connectivity index (χ3n) is 6.15. The number of fused-ring (bicyclic) bond motifs is 3. The number of benzene rings is 1. The first-order valence-corrected chi connectivity index (χ1v) is 11.9. The summed E-state index contributed by atoms with van der Waals surface area (Å²) in [5.74, 6) is -0.189. The molecule has 1 aromatic carbocycles. The molecule has 5 rings (SSSR count). The summed E-state index contributed by atoms with van der Waals surface area (Å²) < 4.78 is 6.92. The summed E-state index contributed by atoms with van der Waals surface area (Å²) in [5, 5.41) is 18.7. The summed E-state index contributed by atoms with van der Waals surface area (Å²) in [6.45, 7) is 6.02. The van der Waals surface area contributed by atoms with Crippen molar-refractivity contribution in [3.63, 3.8) is 0 Å². The lowest BCUT2D eigenvalue weighted by atomic mass is 9.98. The molecule has 182 valence electrons. The number of carboxylic acids is 1. The standard InChI is InChI=1S/C25H22N6O4S/c1-12-13(2)36-24-21(12)22(28-17(9-20(32)35-4)23-30-29-14(3)31(23)24)16-7-5-15(6-8-16)18-10-27-19(11-26-18)25(33)34/h5-8,10-11,17H,9H2,1-4H3,(H,33,34)/t17-/m0/s1. The number of aryl methyl sites for hydroxylation is 2. The van der Waals surface area contributed by atoms with Crippen molar-refractivity contribution in [2.45, 2.75) is 33.2 Å². The molecular weight excluding hydrogens is 480 g/mol. The number of nitrogens with zero attached hydrogens (tertiary/aromatic N) is 6. The van der Waals surface area contributed by atoms with E-state index in [1.807, 2.05) is 35.8 Å². The summed E-state index contributed by atoms with van der Waals surface area (Å²) in [5.41, 5.74) is 4.93. The first-order valence-electron chi connectivity index (χ1n) is 11.1. The Morgan fingerprint density at radius 2 is 1.78 bits per heavy atom. The quantitative estimate of drug-likeness (QED) is 0.407. The molecule has 0 fully saturated rings. The van der Waals surface area contributed by atoms with Crippen LogP contribution in [0.5, 0.6) is 0 Å². The number of hydrogen-bond donors (Lipinski definition) is 1. The lowest BCUT2D eigenvalue weighted by Crippen LogP contribution is -2.12. The van der Waals surface area contributed by atoms with E-state index >= 15 is 0 Å². The highest BCUT2D eigenvalue weighted by Crippen LogP contribution is 2.39. The zero-order valence-corrected chi connectivity index (χ0v) is 20.8. The van der Waals surface area contributed by atoms with Crippen molar-refractivity contribution >= 4 is 29.0 Å². The molecule has 0 bridgehead atoms. The second-order valence-electron chi connectivity index (χ2n) is 8.35. The minimum Gasteiger partial charge on any atom is -0.476 e. The normalized spacial score (nSPS) is 14.4. The van der Waals surface area contributed by atoms with Crippen LogP contribution in [-0.2, 0) is 9.53 Å². The summed E-state index contributed by atoms with van der Waals surface area (Å²) in [6.07, 6.45) is 2.71. The van der Waals surface area contributed by atoms with E-state index in [9.17, 15) is 9.59 Å². The maximum Gasteiger partial charge on any atom is 0.356 e. The van der Waals surface area contributed by atoms with Crippen LogP contribution in [0.15, 0.2) is 41.7 Å². The Morgan fingerprint density at radius 3 is 2.42 bits per heavy atom. The molecule has 4 aromatic rings. The Hall–Kier alpha value is -4.25. The fourth-order valence-corrected chi connectivity index (χ4v) is 5.37. The second kappa shape index (κ2) is 9.08. The van der Waals surface area contributed by atoms with Crippen molar-refractivity contribution in [2.75, 3.05) is 7.11 Å². The van der Waals surface area contributed by atoms with E-state index < -0.39 is 12.0 Å². The van der Waals surface area contributed by atoms with E-state index in [1.54, 1.807) is 11.3 Å². The highest BCUT2D eigenvalue weighted by molar-refractivity contribution is 7.15. The molecule has 3 aromatic heterocycles. The largest absolute Gasteiger partial charge is 0.476 e. The van der Waals surface area contributed by atoms with Gasteiger partial charge < -0.3 is 9.84 Å². The van der Waals surface area contributed by atoms with E-state index in [-0.39, 0.29) is 18.1 Å². The summed E-state index contributed by atoms with van der Waals surface area (Å²) >= 11 is 1.64. The van der Waals surface area contributed by atoms with Crippen molar-refractivity contribution in [1.29, 1.82) is 0 Å². The fourth-order valence-electron chi connectivity index (χ4n) is 4.15. The number of aliphatic imine (C=N–C) groups is 1. The summed E-state index contributed by atoms with van der Waals surface area (Å²) in [7, 11) is 1.36. The lowest BCUT2D eigenvalue weighted by Gasteiger charge is -2.12. The minimum atomic E-state index is -1.13. The Kier molecular flexibility index (Phi) is 5.92. The van der Waals surface area contributed by atoms with E-state index in [1.165, 1.54) is 19.5 Å². The first-order chi connectivity index (χ1) is 17.3. The number of methoxy groups -OCH3 is 1. The van der Waals surface area contributed by atoms with Gasteiger partial charge in [-0.1, -0.05) is 24.3 Å². The minimum absolute atomic E-state index is 0.0364. The maximum atomic E-state index is 12.3. The number of carboxylic acid groups (broad SMARTS) is 1. The van der Waals surface area contributed by atoms with Crippen LogP contribution in [0.1, 0.15) is 56.2 Å². The van der Waals surface area contributed by atoms with Crippen molar-refractivity contribution in [1.82, 2.24) is 24.7 Å². The molecule has 0 saturated carbocycles. The predicted molar refractivity (Wildman–Crippen MR) is 133 cm³/mol. The number of thiophene rings is 1. The number of carbonyl (C=O) groups excluding carboxylic acids is 1. The van der Waals surface area contributed by atoms with Crippen molar-refractivity contribution in [3.8, 4) is 16.3 Å². The molecule has 0 aliphatic carbocycles. The van der Waals surface area contributed by atoms with Gasteiger partial charge in [-0.25, -0.2) is 9.78 Å². The Morgan fingerprint density at radius 1 is 1.06 bits per heavy atom. The zero-order chi connectivity index (χ0) is 25.6. The molecule has 1 aliphatic rings. The molecule has 10 nitrogen and oxygen atoms in total. The van der Waals surface area contributed by atoms with Crippen LogP contribution in [0.25, 0.3) is 16.3 Å². The van der Waals surface area contributed by atoms with E-state index in [4.69, 9.17) is 14.8 Å². The Balaban J connectivity index is 1.63. The smallest absolute Gasteiger partial charge is 0.356 e. The average Bonchev–Trinajstić information content (AvgIpc) is 3.36. The van der Waals surface area contributed by atoms with Crippen molar-refractivity contribution in [2.24, 2.45) is 4.99 Å². The van der Waals surface area contributed by atoms with Crippen LogP contribution in [0.2, 0.25) is 0 Å². The van der Waals surface area contributed by atoms with Gasteiger partial charge >= 0.3 is 11.9 Å². The van der Waals surface area contributed by atoms with Crippen LogP contribution in [0.4, 0.5) is 0 Å². The molecule has 1 aliphatic heterocycles. The van der Waals surface area contributed by atoms with Gasteiger partial charge in [0.1, 0.15) is 16.9 Å². The third kappa shape index (κ3) is 3.97. The summed E-state index contributed by atoms with van der Waals surface area (Å²) in [6, 6.07) is 7.09. The molecule has 11 heteroatoms. The van der Waals surface area contributed by atoms with Gasteiger partial charge in [0.25, 0.3) is 0 Å². The monoisotopic (exact) mass is 502 g/mol. The molecule has 36 heavy (non-hydrogen) atoms. The highest BCUT2D eigenvalue weighted by Gasteiger charge is 2.32. The number of ether oxygens (including phenoxy) is 1. The van der Waals surface area contributed by atoms with Gasteiger partial charge in [-0.2, -0.15) is 0 Å². The van der Waals surface area contributed by atoms with Crippen LogP contribution in [0.3, 0.4) is 0 Å². The zero-order valence-electron chi connectivity index (χ0n) is 20.0. The van der Waals surface area contributed by atoms with Crippen molar-refractivity contribution < 1.29 is 19.4 Å². The molecule has 1 atom stereocenters. The number of esters is 1. The first kappa shape index (κ1) is 23.5. The van der Waals surface area contributed by atoms with Gasteiger partial charge in [0.05, 0.1) is 37.3 Å². The fraction of sp³-hybridized carbons (Fsp3) is 0.240. The number of aromatic carboxylic acids is 1. The molecule has 1 N–H and O–H groups in total. The SMILES string of the molecule is COC(=O)C[C@@H]1N=C(c2ccc(-c3cnc(C(=O)O)cn3)cc2)c2c(sc(C)c2C)-n2c(C)nnc21. The van der Waals surface area contributed by atoms with Crippen molar-refractivity contribution in [3.05, 3.63) is 75.6 Å². The number of carbonyl (C=O) groups is 2. The highest BCUT2D eigenvalue weighted by atomic mass is 32.1. The van der Waals surface area contributed by atoms with Gasteiger partial charge in [-0.05, 0) is 26.3 Å². The van der Waals surface area contributed by atoms with Crippen LogP contribution < -0.4 is 0 Å². The Bertz CT molecular complexity index is 1520. The molecular formula is C25H22N6O4S. The van der Waals surface area contributed by atoms with Gasteiger partial charge in [-0.3, -0.25) is 19.3 Å². The molecule has 0 spiro atoms. The van der Waals surface area contributed by atoms with E-state index in [0.29, 0.717) is 11.5 Å². The summed E-state index contributed by atoms with van der Waals surface area (Å²) in [4.78, 5) is 37.7. The van der Waals surface area contributed by atoms with Gasteiger partial charge in [0, 0.05) is 21.6 Å². The predicted octanol–water partition coefficient (Wildman–Crippen LogP) is 3.86. The van der Waals surface area contributed by atoms with Crippen LogP contribution in [0, 0.1) is 20.8 Å². The topological polar surface area (TPSA) is 132 Å². The third-order valence-corrected chi connectivity index (χ3v) is 7.34. The lowest BCUT2D eigenvalue weighted by molar-refractivity contribution is -0.141. The number of rotatable bonds is 5. The van der Waals surface area contributed by atoms with Gasteiger partial charge in [0.15, 0.2) is 11.5 Å². The average molecular weight is 503 g/mol. The number of hydrogen-bond acceptors (Lipinski definition) is 9. The molecule has 0 saturated heterocycles. The van der Waals surface area contributed by atoms with E-state index in [2.05, 4.69) is 34.0 Å². The molecule has 4 heterocycles.